The van der Waals surface area contributed by atoms with Gasteiger partial charge >= 0.3 is 0 Å². The van der Waals surface area contributed by atoms with E-state index in [1.807, 2.05) is 24.4 Å². The van der Waals surface area contributed by atoms with Crippen molar-refractivity contribution in [1.82, 2.24) is 30.4 Å². The third kappa shape index (κ3) is 6.56. The first kappa shape index (κ1) is 37.3. The molecule has 4 aromatic carbocycles. The van der Waals surface area contributed by atoms with Crippen LogP contribution in [0.2, 0.25) is 0 Å². The maximum absolute atomic E-state index is 12.1. The van der Waals surface area contributed by atoms with Crippen molar-refractivity contribution in [1.29, 1.82) is 0 Å². The Morgan fingerprint density at radius 2 is 1.00 bits per heavy atom. The molecule has 2 fully saturated rings. The van der Waals surface area contributed by atoms with E-state index in [0.29, 0.717) is 6.42 Å². The van der Waals surface area contributed by atoms with Crippen LogP contribution in [-0.2, 0) is 36.8 Å². The van der Waals surface area contributed by atoms with Gasteiger partial charge in [0.1, 0.15) is 0 Å². The highest BCUT2D eigenvalue weighted by Crippen LogP contribution is 2.43. The Morgan fingerprint density at radius 3 is 1.49 bits per heavy atom. The maximum atomic E-state index is 12.1. The molecule has 4 aromatic heterocycles. The van der Waals surface area contributed by atoms with E-state index in [-0.39, 0.29) is 16.6 Å². The molecule has 302 valence electrons. The van der Waals surface area contributed by atoms with Gasteiger partial charge in [-0.05, 0) is 104 Å². The second-order valence-electron chi connectivity index (χ2n) is 17.4. The fourth-order valence-electron chi connectivity index (χ4n) is 9.73. The second-order valence-corrected chi connectivity index (χ2v) is 17.4. The van der Waals surface area contributed by atoms with Crippen molar-refractivity contribution in [3.63, 3.8) is 0 Å². The van der Waals surface area contributed by atoms with Gasteiger partial charge in [0.25, 0.3) is 5.56 Å². The number of nitrogens with one attached hydrogen (secondary N) is 3. The topological polar surface area (TPSA) is 155 Å². The third-order valence-electron chi connectivity index (χ3n) is 13.7. The van der Waals surface area contributed by atoms with E-state index in [4.69, 9.17) is 21.4 Å². The van der Waals surface area contributed by atoms with Crippen molar-refractivity contribution >= 4 is 0 Å². The number of benzene rings is 4. The van der Waals surface area contributed by atoms with Gasteiger partial charge < -0.3 is 11.5 Å². The van der Waals surface area contributed by atoms with Gasteiger partial charge in [-0.25, -0.2) is 0 Å². The molecule has 12 rings (SSSR count). The Hall–Kier alpha value is -6.68. The highest BCUT2D eigenvalue weighted by molar-refractivity contribution is 5.87. The van der Waals surface area contributed by atoms with E-state index in [2.05, 4.69) is 124 Å². The molecule has 0 amide bonds. The van der Waals surface area contributed by atoms with Crippen LogP contribution in [0.1, 0.15) is 72.2 Å². The molecule has 9 nitrogen and oxygen atoms in total. The zero-order valence-corrected chi connectivity index (χ0v) is 34.1. The van der Waals surface area contributed by atoms with Crippen LogP contribution in [0.25, 0.3) is 67.3 Å². The number of aryl methyl sites for hydroxylation is 3. The zero-order valence-electron chi connectivity index (χ0n) is 34.1. The van der Waals surface area contributed by atoms with Gasteiger partial charge in [0.15, 0.2) is 0 Å². The Kier molecular flexibility index (Phi) is 9.05. The van der Waals surface area contributed by atoms with Gasteiger partial charge in [0.2, 0.25) is 0 Å². The molecular formula is C52H48N8O. The fourth-order valence-corrected chi connectivity index (χ4v) is 9.73. The number of rotatable bonds is 6. The van der Waals surface area contributed by atoms with Crippen LogP contribution < -0.4 is 17.0 Å². The van der Waals surface area contributed by atoms with Crippen molar-refractivity contribution in [2.45, 2.75) is 75.3 Å². The van der Waals surface area contributed by atoms with E-state index < -0.39 is 0 Å². The summed E-state index contributed by atoms with van der Waals surface area (Å²) in [6.07, 6.45) is 12.0. The van der Waals surface area contributed by atoms with Crippen molar-refractivity contribution in [3.8, 4) is 67.3 Å². The molecule has 61 heavy (non-hydrogen) atoms. The van der Waals surface area contributed by atoms with Gasteiger partial charge in [-0.2, -0.15) is 5.10 Å². The first-order valence-corrected chi connectivity index (χ1v) is 21.6. The molecule has 4 aliphatic carbocycles. The number of aromatic amines is 3. The lowest BCUT2D eigenvalue weighted by atomic mass is 9.72. The Balaban J connectivity index is 0.000000138. The minimum absolute atomic E-state index is 0.0340. The largest absolute Gasteiger partial charge is 0.321 e. The number of fused-ring (bicyclic) bond motifs is 6. The molecule has 4 heterocycles. The average molecular weight is 801 g/mol. The summed E-state index contributed by atoms with van der Waals surface area (Å²) >= 11 is 0. The standard InChI is InChI=1S/C26H24N4O.C26H24N4/c27-26(13-4-14-26)18-9-7-17(8-10-18)23-20(16-5-2-1-3-6-16)15-21-22(28-23)12-11-19-24(21)29-30-25(19)31;27-26(13-4-14-26)20-10-7-18(8-11-20)24-21(17-5-2-1-3-6-17)15-22-23(29-24)12-9-19-16-28-30-25(19)22/h1-3,5-10,15H,4,11-14,27H2,(H2,29,30,31);1-3,5-8,10-11,15-16H,4,9,12-14,27H2,(H,28,30). The van der Waals surface area contributed by atoms with E-state index >= 15 is 0 Å². The lowest BCUT2D eigenvalue weighted by Crippen LogP contribution is -2.43. The van der Waals surface area contributed by atoms with Gasteiger partial charge in [-0.15, -0.1) is 0 Å². The summed E-state index contributed by atoms with van der Waals surface area (Å²) < 4.78 is 0. The summed E-state index contributed by atoms with van der Waals surface area (Å²) in [7, 11) is 0. The number of hydrogen-bond donors (Lipinski definition) is 5. The average Bonchev–Trinajstić information content (AvgIpc) is 3.94. The zero-order chi connectivity index (χ0) is 41.1. The Bertz CT molecular complexity index is 2950. The molecule has 0 radical (unpaired) electrons. The summed E-state index contributed by atoms with van der Waals surface area (Å²) in [5.41, 5.74) is 32.3. The number of hydrogen-bond acceptors (Lipinski definition) is 6. The van der Waals surface area contributed by atoms with Crippen molar-refractivity contribution in [2.75, 3.05) is 0 Å². The summed E-state index contributed by atoms with van der Waals surface area (Å²) in [6, 6.07) is 42.7. The molecule has 0 atom stereocenters. The van der Waals surface area contributed by atoms with Crippen molar-refractivity contribution in [3.05, 3.63) is 172 Å². The molecule has 8 aromatic rings. The quantitative estimate of drug-likeness (QED) is 0.113. The Morgan fingerprint density at radius 1 is 0.508 bits per heavy atom. The van der Waals surface area contributed by atoms with Crippen molar-refractivity contribution < 1.29 is 0 Å². The first-order valence-electron chi connectivity index (χ1n) is 21.6. The van der Waals surface area contributed by atoms with E-state index in [0.717, 1.165) is 118 Å². The number of nitrogens with two attached hydrogens (primary N) is 2. The van der Waals surface area contributed by atoms with Crippen LogP contribution >= 0.6 is 0 Å². The van der Waals surface area contributed by atoms with Crippen LogP contribution in [0.4, 0.5) is 0 Å². The molecule has 2 saturated carbocycles. The fraction of sp³-hybridized carbons (Fsp3) is 0.231. The second kappa shape index (κ2) is 14.8. The summed E-state index contributed by atoms with van der Waals surface area (Å²) in [5.74, 6) is 0. The lowest BCUT2D eigenvalue weighted by Gasteiger charge is -2.38. The lowest BCUT2D eigenvalue weighted by molar-refractivity contribution is 0.253. The SMILES string of the molecule is NC1(c2ccc(-c3nc4c(cc3-c3ccccc3)-c3[nH][nH]c(=O)c3CC4)cc2)CCC1.NC1(c2ccc(-c3nc4c(cc3-c3ccccc3)-c3[nH]ncc3CC4)cc2)CCC1. The maximum Gasteiger partial charge on any atom is 0.267 e. The van der Waals surface area contributed by atoms with E-state index in [1.54, 1.807) is 0 Å². The van der Waals surface area contributed by atoms with Crippen LogP contribution in [0.15, 0.2) is 132 Å². The van der Waals surface area contributed by atoms with Gasteiger partial charge in [0.05, 0.1) is 40.4 Å². The highest BCUT2D eigenvalue weighted by atomic mass is 16.1. The van der Waals surface area contributed by atoms with Crippen molar-refractivity contribution in [2.24, 2.45) is 11.5 Å². The molecule has 0 aliphatic heterocycles. The number of pyridine rings is 2. The smallest absolute Gasteiger partial charge is 0.267 e. The number of H-pyrrole nitrogens is 3. The highest BCUT2D eigenvalue weighted by Gasteiger charge is 2.35. The summed E-state index contributed by atoms with van der Waals surface area (Å²) in [4.78, 5) is 22.5. The predicted molar refractivity (Wildman–Crippen MR) is 242 cm³/mol. The molecule has 7 N–H and O–H groups in total. The van der Waals surface area contributed by atoms with E-state index in [9.17, 15) is 4.79 Å². The minimum Gasteiger partial charge on any atom is -0.321 e. The van der Waals surface area contributed by atoms with Crippen LogP contribution in [0, 0.1) is 0 Å². The summed E-state index contributed by atoms with van der Waals surface area (Å²) in [6.45, 7) is 0. The van der Waals surface area contributed by atoms with Crippen LogP contribution in [-0.4, -0.2) is 30.4 Å². The van der Waals surface area contributed by atoms with E-state index in [1.165, 1.54) is 40.7 Å². The van der Waals surface area contributed by atoms with Gasteiger partial charge in [-0.1, -0.05) is 109 Å². The third-order valence-corrected chi connectivity index (χ3v) is 13.7. The van der Waals surface area contributed by atoms with Crippen LogP contribution in [0.5, 0.6) is 0 Å². The molecular weight excluding hydrogens is 753 g/mol. The monoisotopic (exact) mass is 800 g/mol. The molecule has 0 spiro atoms. The molecule has 0 unspecified atom stereocenters. The van der Waals surface area contributed by atoms with Crippen LogP contribution in [0.3, 0.4) is 0 Å². The van der Waals surface area contributed by atoms with Gasteiger partial charge in [-0.3, -0.25) is 30.1 Å². The predicted octanol–water partition coefficient (Wildman–Crippen LogP) is 9.78. The molecule has 4 aliphatic rings. The Labute approximate surface area is 354 Å². The minimum atomic E-state index is -0.166. The summed E-state index contributed by atoms with van der Waals surface area (Å²) in [5, 5.41) is 13.3. The molecule has 0 saturated heterocycles. The molecule has 0 bridgehead atoms. The first-order chi connectivity index (χ1) is 29.8. The number of aromatic nitrogens is 6. The number of nitrogens with zero attached hydrogens (tertiary/aromatic N) is 3. The van der Waals surface area contributed by atoms with Gasteiger partial charge in [0, 0.05) is 50.0 Å². The molecule has 9 heteroatoms. The normalized spacial score (nSPS) is 16.4.